The number of rotatable bonds is 24. The standard InChI is InChI=1S/C24H51O4P.Sr.2H/c1-3-5-7-9-11-13-15-17-19-21-23-27-29(25,26)28-24-22-20-18-16-14-12-10-8-6-4-2;;;/h3-24H2,1-2H3,(H,25,26);;;. The van der Waals surface area contributed by atoms with Gasteiger partial charge in [0.25, 0.3) is 0 Å². The third-order valence-electron chi connectivity index (χ3n) is 5.50. The van der Waals surface area contributed by atoms with E-state index in [0.29, 0.717) is 13.2 Å². The summed E-state index contributed by atoms with van der Waals surface area (Å²) in [7, 11) is -3.85. The minimum atomic E-state index is -3.85. The first-order chi connectivity index (χ1) is 14.1. The van der Waals surface area contributed by atoms with E-state index in [2.05, 4.69) is 13.8 Å². The summed E-state index contributed by atoms with van der Waals surface area (Å²) in [5.41, 5.74) is 0. The van der Waals surface area contributed by atoms with E-state index in [1.54, 1.807) is 0 Å². The molecule has 0 radical (unpaired) electrons. The van der Waals surface area contributed by atoms with E-state index in [1.165, 1.54) is 103 Å². The summed E-state index contributed by atoms with van der Waals surface area (Å²) in [6.07, 6.45) is 24.8. The number of unbranched alkanes of at least 4 members (excludes halogenated alkanes) is 18. The first-order valence-electron chi connectivity index (χ1n) is 12.7. The van der Waals surface area contributed by atoms with E-state index >= 15 is 0 Å². The molecule has 1 N–H and O–H groups in total. The van der Waals surface area contributed by atoms with Crippen molar-refractivity contribution in [1.29, 1.82) is 0 Å². The molecular weight excluding hydrogens is 471 g/mol. The number of phosphoric acid groups is 1. The predicted octanol–water partition coefficient (Wildman–Crippen LogP) is 8.05. The fourth-order valence-corrected chi connectivity index (χ4v) is 4.37. The van der Waals surface area contributed by atoms with E-state index in [-0.39, 0.29) is 45.5 Å². The van der Waals surface area contributed by atoms with E-state index in [4.69, 9.17) is 9.05 Å². The summed E-state index contributed by atoms with van der Waals surface area (Å²) in [5, 5.41) is 0. The normalized spacial score (nSPS) is 11.6. The van der Waals surface area contributed by atoms with Crippen LogP contribution in [0.1, 0.15) is 142 Å². The van der Waals surface area contributed by atoms with E-state index < -0.39 is 7.82 Å². The molecule has 6 heteroatoms. The Hall–Kier alpha value is 1.59. The quantitative estimate of drug-likeness (QED) is 0.0789. The molecule has 0 saturated heterocycles. The van der Waals surface area contributed by atoms with Gasteiger partial charge in [0.05, 0.1) is 13.2 Å². The summed E-state index contributed by atoms with van der Waals surface area (Å²) in [6.45, 7) is 5.14. The zero-order valence-electron chi connectivity index (χ0n) is 19.7. The molecule has 0 unspecified atom stereocenters. The molecule has 0 aromatic carbocycles. The average molecular weight is 524 g/mol. The van der Waals surface area contributed by atoms with E-state index in [0.717, 1.165) is 25.7 Å². The molecule has 0 aliphatic heterocycles. The van der Waals surface area contributed by atoms with Gasteiger partial charge in [-0.05, 0) is 12.8 Å². The third kappa shape index (κ3) is 27.6. The van der Waals surface area contributed by atoms with Crippen LogP contribution in [0.5, 0.6) is 0 Å². The number of hydrogen-bond acceptors (Lipinski definition) is 3. The maximum absolute atomic E-state index is 11.8. The Morgan fingerprint density at radius 2 is 0.733 bits per heavy atom. The minimum absolute atomic E-state index is 0. The first kappa shape index (κ1) is 33.8. The second kappa shape index (κ2) is 26.8. The molecule has 30 heavy (non-hydrogen) atoms. The Morgan fingerprint density at radius 3 is 1.00 bits per heavy atom. The van der Waals surface area contributed by atoms with Crippen molar-refractivity contribution in [3.63, 3.8) is 0 Å². The van der Waals surface area contributed by atoms with Gasteiger partial charge in [0.15, 0.2) is 0 Å². The van der Waals surface area contributed by atoms with Crippen LogP contribution in [0.3, 0.4) is 0 Å². The molecule has 180 valence electrons. The Morgan fingerprint density at radius 1 is 0.500 bits per heavy atom. The van der Waals surface area contributed by atoms with Crippen LogP contribution in [0.15, 0.2) is 0 Å². The molecule has 0 bridgehead atoms. The monoisotopic (exact) mass is 524 g/mol. The molecule has 0 fully saturated rings. The topological polar surface area (TPSA) is 55.8 Å². The van der Waals surface area contributed by atoms with Crippen molar-refractivity contribution >= 4 is 53.3 Å². The number of hydrogen-bond donors (Lipinski definition) is 1. The van der Waals surface area contributed by atoms with Gasteiger partial charge in [0, 0.05) is 0 Å². The molecule has 0 heterocycles. The van der Waals surface area contributed by atoms with Gasteiger partial charge in [0.2, 0.25) is 0 Å². The van der Waals surface area contributed by atoms with Crippen LogP contribution in [-0.2, 0) is 13.6 Å². The first-order valence-corrected chi connectivity index (χ1v) is 14.2. The van der Waals surface area contributed by atoms with Crippen molar-refractivity contribution in [2.24, 2.45) is 0 Å². The zero-order chi connectivity index (χ0) is 21.5. The summed E-state index contributed by atoms with van der Waals surface area (Å²) >= 11 is 0. The zero-order valence-corrected chi connectivity index (χ0v) is 20.6. The molecule has 0 aromatic heterocycles. The second-order valence-corrected chi connectivity index (χ2v) is 9.95. The van der Waals surface area contributed by atoms with Gasteiger partial charge in [0.1, 0.15) is 0 Å². The van der Waals surface area contributed by atoms with Crippen molar-refractivity contribution in [2.75, 3.05) is 13.2 Å². The number of phosphoric ester groups is 1. The molecule has 0 atom stereocenters. The van der Waals surface area contributed by atoms with Crippen molar-refractivity contribution in [2.45, 2.75) is 142 Å². The van der Waals surface area contributed by atoms with Crippen LogP contribution in [0.2, 0.25) is 0 Å². The molecule has 0 amide bonds. The Labute approximate surface area is 225 Å². The molecule has 0 aromatic rings. The molecule has 0 spiro atoms. The Bertz CT molecular complexity index is 339. The molecule has 0 rings (SSSR count). The van der Waals surface area contributed by atoms with Crippen LogP contribution in [-0.4, -0.2) is 63.6 Å². The Kier molecular flexibility index (Phi) is 30.2. The van der Waals surface area contributed by atoms with Gasteiger partial charge in [-0.3, -0.25) is 9.05 Å². The fraction of sp³-hybridized carbons (Fsp3) is 1.00. The van der Waals surface area contributed by atoms with Gasteiger partial charge in [-0.25, -0.2) is 4.57 Å². The molecule has 0 saturated carbocycles. The van der Waals surface area contributed by atoms with Gasteiger partial charge in [-0.1, -0.05) is 129 Å². The second-order valence-electron chi connectivity index (χ2n) is 8.50. The van der Waals surface area contributed by atoms with Crippen molar-refractivity contribution < 1.29 is 18.5 Å². The maximum atomic E-state index is 11.8. The van der Waals surface area contributed by atoms with E-state index in [1.807, 2.05) is 0 Å². The molecule has 0 aliphatic rings. The predicted molar refractivity (Wildman–Crippen MR) is 134 cm³/mol. The molecule has 0 aliphatic carbocycles. The average Bonchev–Trinajstić information content (AvgIpc) is 2.70. The van der Waals surface area contributed by atoms with Crippen molar-refractivity contribution in [3.05, 3.63) is 0 Å². The van der Waals surface area contributed by atoms with Gasteiger partial charge in [-0.15, -0.1) is 0 Å². The van der Waals surface area contributed by atoms with Crippen LogP contribution in [0.25, 0.3) is 0 Å². The van der Waals surface area contributed by atoms with Crippen LogP contribution < -0.4 is 0 Å². The molecular formula is C24H53O4PSr. The van der Waals surface area contributed by atoms with Crippen LogP contribution in [0.4, 0.5) is 0 Å². The summed E-state index contributed by atoms with van der Waals surface area (Å²) < 4.78 is 22.0. The van der Waals surface area contributed by atoms with Crippen LogP contribution >= 0.6 is 7.82 Å². The summed E-state index contributed by atoms with van der Waals surface area (Å²) in [4.78, 5) is 9.71. The summed E-state index contributed by atoms with van der Waals surface area (Å²) in [6, 6.07) is 0. The van der Waals surface area contributed by atoms with Gasteiger partial charge < -0.3 is 4.89 Å². The Balaban J connectivity index is 0. The van der Waals surface area contributed by atoms with E-state index in [9.17, 15) is 9.46 Å². The summed E-state index contributed by atoms with van der Waals surface area (Å²) in [5.74, 6) is 0. The molecule has 4 nitrogen and oxygen atoms in total. The van der Waals surface area contributed by atoms with Crippen molar-refractivity contribution in [3.8, 4) is 0 Å². The SMILES string of the molecule is CCCCCCCCCCCCOP(=O)(O)OCCCCCCCCCCCC.[SrH2]. The fourth-order valence-electron chi connectivity index (χ4n) is 3.58. The van der Waals surface area contributed by atoms with Gasteiger partial charge in [-0.2, -0.15) is 0 Å². The van der Waals surface area contributed by atoms with Gasteiger partial charge >= 0.3 is 53.3 Å². The third-order valence-corrected chi connectivity index (χ3v) is 6.52. The van der Waals surface area contributed by atoms with Crippen LogP contribution in [0, 0.1) is 0 Å². The van der Waals surface area contributed by atoms with Crippen molar-refractivity contribution in [1.82, 2.24) is 0 Å².